The molecule has 0 aliphatic carbocycles. The van der Waals surface area contributed by atoms with E-state index in [2.05, 4.69) is 21.2 Å². The van der Waals surface area contributed by atoms with E-state index >= 15 is 0 Å². The summed E-state index contributed by atoms with van der Waals surface area (Å²) in [6, 6.07) is 12.7. The molecular formula is C18H15BrN2O3S. The summed E-state index contributed by atoms with van der Waals surface area (Å²) in [7, 11) is 3.16. The third-order valence-electron chi connectivity index (χ3n) is 3.70. The lowest BCUT2D eigenvalue weighted by molar-refractivity contribution is -0.113. The third kappa shape index (κ3) is 3.52. The minimum absolute atomic E-state index is 0.225. The number of carbonyl (C=O) groups excluding carboxylic acids is 1. The number of rotatable bonds is 4. The van der Waals surface area contributed by atoms with Crippen LogP contribution in [0.4, 0.5) is 5.69 Å². The minimum Gasteiger partial charge on any atom is -0.497 e. The van der Waals surface area contributed by atoms with Gasteiger partial charge in [0, 0.05) is 10.0 Å². The number of hydrogen-bond donors (Lipinski definition) is 1. The Morgan fingerprint density at radius 1 is 1.12 bits per heavy atom. The number of anilines is 1. The summed E-state index contributed by atoms with van der Waals surface area (Å²) in [5.74, 6) is 1.08. The van der Waals surface area contributed by atoms with E-state index in [1.807, 2.05) is 24.3 Å². The Kier molecular flexibility index (Phi) is 5.06. The van der Waals surface area contributed by atoms with E-state index in [1.54, 1.807) is 38.5 Å². The first-order valence-corrected chi connectivity index (χ1v) is 8.58. The first-order chi connectivity index (χ1) is 12.0. The lowest BCUT2D eigenvalue weighted by Crippen LogP contribution is -2.30. The highest BCUT2D eigenvalue weighted by Crippen LogP contribution is 2.28. The average Bonchev–Trinajstić information content (AvgIpc) is 2.89. The normalized spacial score (nSPS) is 15.5. The highest BCUT2D eigenvalue weighted by atomic mass is 79.9. The van der Waals surface area contributed by atoms with Gasteiger partial charge in [0.15, 0.2) is 5.11 Å². The number of amides is 1. The number of nitrogens with zero attached hydrogens (tertiary/aromatic N) is 1. The van der Waals surface area contributed by atoms with Crippen LogP contribution in [0.5, 0.6) is 11.5 Å². The Morgan fingerprint density at radius 3 is 2.48 bits per heavy atom. The molecule has 1 aliphatic heterocycles. The predicted octanol–water partition coefficient (Wildman–Crippen LogP) is 3.73. The summed E-state index contributed by atoms with van der Waals surface area (Å²) in [5.41, 5.74) is 1.80. The van der Waals surface area contributed by atoms with Crippen molar-refractivity contribution in [3.8, 4) is 11.5 Å². The molecule has 1 heterocycles. The number of methoxy groups -OCH3 is 2. The van der Waals surface area contributed by atoms with Gasteiger partial charge in [-0.2, -0.15) is 0 Å². The lowest BCUT2D eigenvalue weighted by atomic mass is 10.1. The monoisotopic (exact) mass is 418 g/mol. The molecule has 25 heavy (non-hydrogen) atoms. The van der Waals surface area contributed by atoms with Gasteiger partial charge >= 0.3 is 0 Å². The van der Waals surface area contributed by atoms with Crippen molar-refractivity contribution in [2.45, 2.75) is 0 Å². The van der Waals surface area contributed by atoms with Crippen LogP contribution in [0, 0.1) is 0 Å². The molecule has 1 saturated heterocycles. The van der Waals surface area contributed by atoms with Gasteiger partial charge in [0.2, 0.25) is 0 Å². The van der Waals surface area contributed by atoms with Gasteiger partial charge in [-0.15, -0.1) is 0 Å². The molecule has 2 aromatic rings. The van der Waals surface area contributed by atoms with E-state index in [9.17, 15) is 4.79 Å². The van der Waals surface area contributed by atoms with Crippen molar-refractivity contribution in [1.29, 1.82) is 0 Å². The maximum atomic E-state index is 12.8. The van der Waals surface area contributed by atoms with Crippen molar-refractivity contribution in [2.75, 3.05) is 19.1 Å². The van der Waals surface area contributed by atoms with E-state index in [1.165, 1.54) is 4.90 Å². The summed E-state index contributed by atoms with van der Waals surface area (Å²) in [5, 5.41) is 3.30. The van der Waals surface area contributed by atoms with Crippen molar-refractivity contribution >= 4 is 50.9 Å². The second kappa shape index (κ2) is 7.25. The summed E-state index contributed by atoms with van der Waals surface area (Å²) >= 11 is 8.70. The largest absolute Gasteiger partial charge is 0.497 e. The van der Waals surface area contributed by atoms with E-state index in [0.717, 1.165) is 10.0 Å². The van der Waals surface area contributed by atoms with E-state index in [4.69, 9.17) is 21.7 Å². The number of carbonyl (C=O) groups is 1. The van der Waals surface area contributed by atoms with Gasteiger partial charge in [-0.3, -0.25) is 9.69 Å². The first-order valence-electron chi connectivity index (χ1n) is 7.38. The molecule has 1 amide bonds. The van der Waals surface area contributed by atoms with Gasteiger partial charge in [0.25, 0.3) is 5.91 Å². The molecular weight excluding hydrogens is 404 g/mol. The Labute approximate surface area is 159 Å². The van der Waals surface area contributed by atoms with Gasteiger partial charge in [-0.25, -0.2) is 0 Å². The van der Waals surface area contributed by atoms with E-state index in [0.29, 0.717) is 28.0 Å². The maximum Gasteiger partial charge on any atom is 0.281 e. The van der Waals surface area contributed by atoms with Crippen molar-refractivity contribution in [1.82, 2.24) is 5.32 Å². The highest BCUT2D eigenvalue weighted by molar-refractivity contribution is 9.10. The number of thiocarbonyl (C=S) groups is 1. The molecule has 5 nitrogen and oxygen atoms in total. The average molecular weight is 419 g/mol. The van der Waals surface area contributed by atoms with Crippen molar-refractivity contribution in [3.05, 3.63) is 58.2 Å². The molecule has 1 N–H and O–H groups in total. The molecule has 0 bridgehead atoms. The van der Waals surface area contributed by atoms with Gasteiger partial charge < -0.3 is 14.8 Å². The summed E-state index contributed by atoms with van der Waals surface area (Å²) in [6.07, 6.45) is 1.70. The number of nitrogens with one attached hydrogen (secondary N) is 1. The standard InChI is InChI=1S/C18H15BrN2O3S/c1-23-14-7-8-16(24-2)11(9-14)10-15-17(22)21(18(25)20-15)13-5-3-12(19)4-6-13/h3-10H,1-2H3,(H,20,25)/b15-10-. The van der Waals surface area contributed by atoms with Gasteiger partial charge in [0.05, 0.1) is 19.9 Å². The minimum atomic E-state index is -0.225. The number of benzene rings is 2. The number of ether oxygens (including phenoxy) is 2. The van der Waals surface area contributed by atoms with Gasteiger partial charge in [0.1, 0.15) is 17.2 Å². The summed E-state index contributed by atoms with van der Waals surface area (Å²) < 4.78 is 11.5. The quantitative estimate of drug-likeness (QED) is 0.605. The Hall–Kier alpha value is -2.38. The van der Waals surface area contributed by atoms with Crippen molar-refractivity contribution in [2.24, 2.45) is 0 Å². The number of hydrogen-bond acceptors (Lipinski definition) is 4. The van der Waals surface area contributed by atoms with Crippen LogP contribution in [0.2, 0.25) is 0 Å². The third-order valence-corrected chi connectivity index (χ3v) is 4.51. The molecule has 3 rings (SSSR count). The fraction of sp³-hybridized carbons (Fsp3) is 0.111. The zero-order valence-electron chi connectivity index (χ0n) is 13.6. The van der Waals surface area contributed by atoms with Gasteiger partial charge in [-0.1, -0.05) is 15.9 Å². The molecule has 7 heteroatoms. The van der Waals surface area contributed by atoms with Crippen LogP contribution >= 0.6 is 28.1 Å². The fourth-order valence-corrected chi connectivity index (χ4v) is 3.03. The molecule has 0 saturated carbocycles. The number of halogens is 1. The molecule has 0 radical (unpaired) electrons. The topological polar surface area (TPSA) is 50.8 Å². The molecule has 0 spiro atoms. The van der Waals surface area contributed by atoms with Gasteiger partial charge in [-0.05, 0) is 60.8 Å². The predicted molar refractivity (Wildman–Crippen MR) is 105 cm³/mol. The first kappa shape index (κ1) is 17.4. The zero-order valence-corrected chi connectivity index (χ0v) is 16.0. The molecule has 1 fully saturated rings. The summed E-state index contributed by atoms with van der Waals surface area (Å²) in [6.45, 7) is 0. The second-order valence-corrected chi connectivity index (χ2v) is 6.52. The van der Waals surface area contributed by atoms with Crippen LogP contribution in [0.3, 0.4) is 0 Å². The van der Waals surface area contributed by atoms with E-state index < -0.39 is 0 Å². The van der Waals surface area contributed by atoms with Crippen LogP contribution in [0.25, 0.3) is 6.08 Å². The van der Waals surface area contributed by atoms with Crippen LogP contribution in [-0.2, 0) is 4.79 Å². The van der Waals surface area contributed by atoms with Crippen molar-refractivity contribution < 1.29 is 14.3 Å². The molecule has 0 atom stereocenters. The Balaban J connectivity index is 1.97. The molecule has 1 aliphatic rings. The van der Waals surface area contributed by atoms with Crippen LogP contribution in [0.1, 0.15) is 5.56 Å². The molecule has 2 aromatic carbocycles. The van der Waals surface area contributed by atoms with Crippen LogP contribution in [0.15, 0.2) is 52.6 Å². The SMILES string of the molecule is COc1ccc(OC)c(/C=C2\NC(=S)N(c3ccc(Br)cc3)C2=O)c1. The molecule has 0 unspecified atom stereocenters. The van der Waals surface area contributed by atoms with E-state index in [-0.39, 0.29) is 5.91 Å². The second-order valence-electron chi connectivity index (χ2n) is 5.21. The Morgan fingerprint density at radius 2 is 1.84 bits per heavy atom. The van der Waals surface area contributed by atoms with Crippen LogP contribution < -0.4 is 19.7 Å². The van der Waals surface area contributed by atoms with Crippen molar-refractivity contribution in [3.63, 3.8) is 0 Å². The summed E-state index contributed by atoms with van der Waals surface area (Å²) in [4.78, 5) is 14.2. The maximum absolute atomic E-state index is 12.8. The highest BCUT2D eigenvalue weighted by Gasteiger charge is 2.32. The zero-order chi connectivity index (χ0) is 18.0. The lowest BCUT2D eigenvalue weighted by Gasteiger charge is -2.13. The molecule has 0 aromatic heterocycles. The molecule has 128 valence electrons. The Bertz CT molecular complexity index is 865. The van der Waals surface area contributed by atoms with Crippen LogP contribution in [-0.4, -0.2) is 25.2 Å². The smallest absolute Gasteiger partial charge is 0.281 e. The fourth-order valence-electron chi connectivity index (χ4n) is 2.47.